The summed E-state index contributed by atoms with van der Waals surface area (Å²) in [4.78, 5) is 33.0. The van der Waals surface area contributed by atoms with Crippen LogP contribution in [-0.2, 0) is 4.74 Å². The summed E-state index contributed by atoms with van der Waals surface area (Å²) < 4.78 is 5.11. The molecular formula is C17H21NO4. The Kier molecular flexibility index (Phi) is 6.50. The number of ether oxygens (including phenoxy) is 1. The summed E-state index contributed by atoms with van der Waals surface area (Å²) in [6, 6.07) is 4.91. The number of alkyl carbamates (subject to hydrolysis) is 1. The van der Waals surface area contributed by atoms with Crippen LogP contribution in [0.5, 0.6) is 0 Å². The maximum Gasteiger partial charge on any atom is 0.407 e. The average molecular weight is 303 g/mol. The van der Waals surface area contributed by atoms with Gasteiger partial charge in [-0.1, -0.05) is 12.2 Å². The zero-order valence-electron chi connectivity index (χ0n) is 13.1. The van der Waals surface area contributed by atoms with E-state index in [1.807, 2.05) is 6.08 Å². The van der Waals surface area contributed by atoms with Crippen LogP contribution in [0.15, 0.2) is 24.3 Å². The van der Waals surface area contributed by atoms with Crippen molar-refractivity contribution in [2.45, 2.75) is 32.8 Å². The van der Waals surface area contributed by atoms with Gasteiger partial charge in [-0.2, -0.15) is 0 Å². The van der Waals surface area contributed by atoms with E-state index in [1.165, 1.54) is 6.07 Å². The minimum atomic E-state index is -0.513. The summed E-state index contributed by atoms with van der Waals surface area (Å²) in [7, 11) is 0. The van der Waals surface area contributed by atoms with Gasteiger partial charge in [-0.15, -0.1) is 0 Å². The van der Waals surface area contributed by atoms with Crippen molar-refractivity contribution in [3.63, 3.8) is 0 Å². The van der Waals surface area contributed by atoms with Gasteiger partial charge in [0.1, 0.15) is 18.2 Å². The summed E-state index contributed by atoms with van der Waals surface area (Å²) in [5.41, 5.74) is 1.16. The second-order valence-electron chi connectivity index (χ2n) is 5.79. The lowest BCUT2D eigenvalue weighted by atomic mass is 10.1. The van der Waals surface area contributed by atoms with Crippen LogP contribution in [0.3, 0.4) is 0 Å². The predicted molar refractivity (Wildman–Crippen MR) is 85.1 cm³/mol. The van der Waals surface area contributed by atoms with E-state index in [9.17, 15) is 14.4 Å². The highest BCUT2D eigenvalue weighted by Gasteiger charge is 2.15. The highest BCUT2D eigenvalue weighted by Crippen LogP contribution is 2.10. The number of nitrogens with one attached hydrogen (secondary N) is 1. The molecule has 118 valence electrons. The maximum absolute atomic E-state index is 11.4. The van der Waals surface area contributed by atoms with Crippen LogP contribution in [0.1, 0.15) is 53.5 Å². The van der Waals surface area contributed by atoms with Crippen molar-refractivity contribution in [2.75, 3.05) is 6.54 Å². The van der Waals surface area contributed by atoms with Gasteiger partial charge in [0.05, 0.1) is 0 Å². The fourth-order valence-electron chi connectivity index (χ4n) is 1.73. The van der Waals surface area contributed by atoms with Gasteiger partial charge < -0.3 is 10.1 Å². The Morgan fingerprint density at radius 3 is 2.14 bits per heavy atom. The van der Waals surface area contributed by atoms with Crippen LogP contribution in [0.25, 0.3) is 6.08 Å². The second-order valence-corrected chi connectivity index (χ2v) is 5.79. The molecular weight excluding hydrogens is 282 g/mol. The standard InChI is InChI=1S/C17H21NO4/c1-17(2,3)22-16(21)18-7-5-4-6-13-8-14(11-19)10-15(9-13)12-20/h4,6,8-12H,5,7H2,1-3H3,(H,18,21). The summed E-state index contributed by atoms with van der Waals surface area (Å²) in [5, 5.41) is 2.65. The van der Waals surface area contributed by atoms with E-state index in [0.717, 1.165) is 5.56 Å². The monoisotopic (exact) mass is 303 g/mol. The third kappa shape index (κ3) is 6.83. The van der Waals surface area contributed by atoms with Gasteiger partial charge >= 0.3 is 6.09 Å². The Bertz CT molecular complexity index is 544. The molecule has 0 aliphatic carbocycles. The van der Waals surface area contributed by atoms with E-state index in [0.29, 0.717) is 36.7 Å². The van der Waals surface area contributed by atoms with Gasteiger partial charge in [-0.05, 0) is 51.0 Å². The zero-order valence-corrected chi connectivity index (χ0v) is 13.1. The van der Waals surface area contributed by atoms with Crippen molar-refractivity contribution in [3.05, 3.63) is 41.0 Å². The van der Waals surface area contributed by atoms with E-state index in [-0.39, 0.29) is 0 Å². The molecule has 0 bridgehead atoms. The van der Waals surface area contributed by atoms with Crippen LogP contribution in [0.4, 0.5) is 4.79 Å². The van der Waals surface area contributed by atoms with Crippen molar-refractivity contribution >= 4 is 24.7 Å². The Morgan fingerprint density at radius 2 is 1.64 bits per heavy atom. The molecule has 0 radical (unpaired) electrons. The smallest absolute Gasteiger partial charge is 0.407 e. The van der Waals surface area contributed by atoms with Gasteiger partial charge in [0.15, 0.2) is 0 Å². The maximum atomic E-state index is 11.4. The molecule has 1 N–H and O–H groups in total. The van der Waals surface area contributed by atoms with Crippen molar-refractivity contribution < 1.29 is 19.1 Å². The first-order valence-corrected chi connectivity index (χ1v) is 7.03. The third-order valence-electron chi connectivity index (χ3n) is 2.56. The molecule has 0 aliphatic heterocycles. The van der Waals surface area contributed by atoms with E-state index in [1.54, 1.807) is 39.0 Å². The second kappa shape index (κ2) is 8.12. The number of hydrogen-bond acceptors (Lipinski definition) is 4. The van der Waals surface area contributed by atoms with Crippen molar-refractivity contribution in [1.82, 2.24) is 5.32 Å². The normalized spacial score (nSPS) is 11.2. The van der Waals surface area contributed by atoms with Gasteiger partial charge in [0, 0.05) is 17.7 Å². The molecule has 0 spiro atoms. The van der Waals surface area contributed by atoms with E-state index < -0.39 is 11.7 Å². The third-order valence-corrected chi connectivity index (χ3v) is 2.56. The Hall–Kier alpha value is -2.43. The van der Waals surface area contributed by atoms with E-state index in [2.05, 4.69) is 5.32 Å². The molecule has 0 saturated carbocycles. The fraction of sp³-hybridized carbons (Fsp3) is 0.353. The van der Waals surface area contributed by atoms with Gasteiger partial charge in [-0.3, -0.25) is 9.59 Å². The first kappa shape index (κ1) is 17.6. The number of carbonyl (C=O) groups is 3. The number of amides is 1. The summed E-state index contributed by atoms with van der Waals surface area (Å²) in [6.07, 6.45) is 5.23. The minimum absolute atomic E-state index is 0.444. The lowest BCUT2D eigenvalue weighted by Crippen LogP contribution is -2.32. The molecule has 1 rings (SSSR count). The SMILES string of the molecule is CC(C)(C)OC(=O)NCCC=Cc1cc(C=O)cc(C=O)c1. The quantitative estimate of drug-likeness (QED) is 0.647. The molecule has 22 heavy (non-hydrogen) atoms. The van der Waals surface area contributed by atoms with Crippen molar-refractivity contribution in [1.29, 1.82) is 0 Å². The van der Waals surface area contributed by atoms with Crippen LogP contribution in [0.2, 0.25) is 0 Å². The largest absolute Gasteiger partial charge is 0.444 e. The highest BCUT2D eigenvalue weighted by atomic mass is 16.6. The zero-order chi connectivity index (χ0) is 16.6. The van der Waals surface area contributed by atoms with Crippen molar-refractivity contribution in [2.24, 2.45) is 0 Å². The van der Waals surface area contributed by atoms with Crippen LogP contribution < -0.4 is 5.32 Å². The lowest BCUT2D eigenvalue weighted by molar-refractivity contribution is 0.0528. The molecule has 1 amide bonds. The van der Waals surface area contributed by atoms with Crippen molar-refractivity contribution in [3.8, 4) is 0 Å². The van der Waals surface area contributed by atoms with E-state index >= 15 is 0 Å². The number of carbonyl (C=O) groups excluding carboxylic acids is 3. The molecule has 1 aromatic carbocycles. The van der Waals surface area contributed by atoms with E-state index in [4.69, 9.17) is 4.74 Å². The molecule has 0 aliphatic rings. The average Bonchev–Trinajstić information content (AvgIpc) is 2.44. The number of rotatable bonds is 6. The Morgan fingerprint density at radius 1 is 1.09 bits per heavy atom. The number of hydrogen-bond donors (Lipinski definition) is 1. The van der Waals surface area contributed by atoms with Crippen LogP contribution in [0, 0.1) is 0 Å². The molecule has 0 atom stereocenters. The molecule has 0 aromatic heterocycles. The molecule has 5 heteroatoms. The highest BCUT2D eigenvalue weighted by molar-refractivity contribution is 5.83. The summed E-state index contributed by atoms with van der Waals surface area (Å²) in [5.74, 6) is 0. The molecule has 0 saturated heterocycles. The Labute approximate surface area is 130 Å². The predicted octanol–water partition coefficient (Wildman–Crippen LogP) is 3.24. The molecule has 5 nitrogen and oxygen atoms in total. The molecule has 0 unspecified atom stereocenters. The molecule has 0 fully saturated rings. The minimum Gasteiger partial charge on any atom is -0.444 e. The van der Waals surface area contributed by atoms with Crippen LogP contribution in [-0.4, -0.2) is 30.8 Å². The fourth-order valence-corrected chi connectivity index (χ4v) is 1.73. The van der Waals surface area contributed by atoms with Crippen LogP contribution >= 0.6 is 0 Å². The molecule has 0 heterocycles. The lowest BCUT2D eigenvalue weighted by Gasteiger charge is -2.19. The summed E-state index contributed by atoms with van der Waals surface area (Å²) in [6.45, 7) is 5.85. The number of benzene rings is 1. The number of aldehydes is 2. The summed E-state index contributed by atoms with van der Waals surface area (Å²) >= 11 is 0. The topological polar surface area (TPSA) is 72.5 Å². The van der Waals surface area contributed by atoms with Gasteiger partial charge in [0.25, 0.3) is 0 Å². The van der Waals surface area contributed by atoms with Gasteiger partial charge in [0.2, 0.25) is 0 Å². The first-order chi connectivity index (χ1) is 10.3. The first-order valence-electron chi connectivity index (χ1n) is 7.03. The Balaban J connectivity index is 2.48. The molecule has 1 aromatic rings. The van der Waals surface area contributed by atoms with Gasteiger partial charge in [-0.25, -0.2) is 4.79 Å².